The monoisotopic (exact) mass is 377 g/mol. The van der Waals surface area contributed by atoms with E-state index in [0.29, 0.717) is 11.9 Å². The minimum Gasteiger partial charge on any atom is -0.381 e. The Morgan fingerprint density at radius 3 is 2.42 bits per heavy atom. The van der Waals surface area contributed by atoms with Crippen LogP contribution in [0.2, 0.25) is 0 Å². The maximum Gasteiger partial charge on any atom is 0.225 e. The van der Waals surface area contributed by atoms with Crippen LogP contribution in [0.3, 0.4) is 0 Å². The first-order valence-electron chi connectivity index (χ1n) is 10.1. The number of likely N-dealkylation sites (tertiary alicyclic amines) is 1. The van der Waals surface area contributed by atoms with Gasteiger partial charge in [-0.1, -0.05) is 6.07 Å². The molecule has 4 rings (SSSR count). The largest absolute Gasteiger partial charge is 0.381 e. The molecule has 0 unspecified atom stereocenters. The van der Waals surface area contributed by atoms with E-state index in [0.717, 1.165) is 84.7 Å². The van der Waals surface area contributed by atoms with Crippen molar-refractivity contribution in [1.82, 2.24) is 14.7 Å². The van der Waals surface area contributed by atoms with Crippen molar-refractivity contribution in [1.29, 1.82) is 0 Å². The van der Waals surface area contributed by atoms with E-state index in [4.69, 9.17) is 4.74 Å². The molecule has 0 atom stereocenters. The van der Waals surface area contributed by atoms with E-state index in [1.165, 1.54) is 4.88 Å². The molecule has 0 aliphatic carbocycles. The second-order valence-electron chi connectivity index (χ2n) is 7.83. The molecule has 26 heavy (non-hydrogen) atoms. The molecule has 1 aromatic heterocycles. The van der Waals surface area contributed by atoms with Crippen molar-refractivity contribution < 1.29 is 9.53 Å². The summed E-state index contributed by atoms with van der Waals surface area (Å²) in [6.07, 6.45) is 4.38. The highest BCUT2D eigenvalue weighted by Crippen LogP contribution is 2.25. The van der Waals surface area contributed by atoms with Crippen molar-refractivity contribution in [2.24, 2.45) is 5.92 Å². The third-order valence-corrected chi connectivity index (χ3v) is 7.09. The fraction of sp³-hybridized carbons (Fsp3) is 0.750. The molecule has 0 N–H and O–H groups in total. The highest BCUT2D eigenvalue weighted by molar-refractivity contribution is 7.09. The number of ether oxygens (including phenoxy) is 1. The maximum absolute atomic E-state index is 12.9. The molecule has 5 nitrogen and oxygen atoms in total. The zero-order chi connectivity index (χ0) is 17.8. The summed E-state index contributed by atoms with van der Waals surface area (Å²) in [5.41, 5.74) is 0. The van der Waals surface area contributed by atoms with Gasteiger partial charge in [0.15, 0.2) is 0 Å². The number of piperazine rings is 1. The predicted octanol–water partition coefficient (Wildman–Crippen LogP) is 2.28. The number of carbonyl (C=O) groups excluding carboxylic acids is 1. The zero-order valence-electron chi connectivity index (χ0n) is 15.6. The average molecular weight is 378 g/mol. The normalized spacial score (nSPS) is 24.8. The number of amides is 1. The summed E-state index contributed by atoms with van der Waals surface area (Å²) in [6.45, 7) is 8.80. The van der Waals surface area contributed by atoms with Crippen molar-refractivity contribution in [3.63, 3.8) is 0 Å². The van der Waals surface area contributed by atoms with Crippen LogP contribution in [0.4, 0.5) is 0 Å². The molecule has 4 heterocycles. The molecule has 1 amide bonds. The van der Waals surface area contributed by atoms with E-state index in [2.05, 4.69) is 32.2 Å². The number of hydrogen-bond acceptors (Lipinski definition) is 5. The number of hydrogen-bond donors (Lipinski definition) is 0. The van der Waals surface area contributed by atoms with Crippen LogP contribution in [-0.4, -0.2) is 79.1 Å². The summed E-state index contributed by atoms with van der Waals surface area (Å²) in [7, 11) is 0. The molecule has 0 spiro atoms. The molecular formula is C20H31N3O2S. The van der Waals surface area contributed by atoms with Gasteiger partial charge in [-0.25, -0.2) is 0 Å². The third kappa shape index (κ3) is 4.47. The van der Waals surface area contributed by atoms with E-state index in [9.17, 15) is 4.79 Å². The third-order valence-electron chi connectivity index (χ3n) is 6.23. The summed E-state index contributed by atoms with van der Waals surface area (Å²) in [5.74, 6) is 0.655. The van der Waals surface area contributed by atoms with Crippen LogP contribution in [0.1, 0.15) is 30.6 Å². The molecule has 6 heteroatoms. The van der Waals surface area contributed by atoms with Gasteiger partial charge in [-0.15, -0.1) is 11.3 Å². The van der Waals surface area contributed by atoms with Crippen molar-refractivity contribution in [3.05, 3.63) is 22.4 Å². The molecule has 0 bridgehead atoms. The second-order valence-corrected chi connectivity index (χ2v) is 8.87. The summed E-state index contributed by atoms with van der Waals surface area (Å²) in [6, 6.07) is 5.00. The topological polar surface area (TPSA) is 36.0 Å². The van der Waals surface area contributed by atoms with Crippen molar-refractivity contribution >= 4 is 17.2 Å². The molecule has 1 aromatic rings. The van der Waals surface area contributed by atoms with Gasteiger partial charge in [-0.2, -0.15) is 0 Å². The van der Waals surface area contributed by atoms with Crippen LogP contribution in [-0.2, 0) is 16.1 Å². The van der Waals surface area contributed by atoms with Crippen molar-refractivity contribution in [2.75, 3.05) is 52.5 Å². The molecule has 3 aliphatic rings. The predicted molar refractivity (Wildman–Crippen MR) is 104 cm³/mol. The summed E-state index contributed by atoms with van der Waals surface area (Å²) in [4.78, 5) is 21.6. The first-order chi connectivity index (χ1) is 12.8. The lowest BCUT2D eigenvalue weighted by Gasteiger charge is -2.41. The Labute approximate surface area is 160 Å². The van der Waals surface area contributed by atoms with Crippen LogP contribution in [0.15, 0.2) is 17.5 Å². The highest BCUT2D eigenvalue weighted by atomic mass is 32.1. The minimum absolute atomic E-state index is 0.245. The van der Waals surface area contributed by atoms with E-state index >= 15 is 0 Å². The maximum atomic E-state index is 12.9. The molecule has 144 valence electrons. The van der Waals surface area contributed by atoms with Crippen LogP contribution in [0, 0.1) is 5.92 Å². The average Bonchev–Trinajstić information content (AvgIpc) is 3.22. The SMILES string of the molecule is O=C(C1CCN(C2CCOCC2)CC1)N1CCN(Cc2cccs2)CC1. The quantitative estimate of drug-likeness (QED) is 0.807. The fourth-order valence-electron chi connectivity index (χ4n) is 4.57. The number of carbonyl (C=O) groups is 1. The molecule has 0 saturated carbocycles. The summed E-state index contributed by atoms with van der Waals surface area (Å²) >= 11 is 1.82. The first kappa shape index (κ1) is 18.4. The van der Waals surface area contributed by atoms with Gasteiger partial charge in [-0.3, -0.25) is 9.69 Å². The number of rotatable bonds is 4. The van der Waals surface area contributed by atoms with Crippen molar-refractivity contribution in [3.8, 4) is 0 Å². The van der Waals surface area contributed by atoms with Gasteiger partial charge >= 0.3 is 0 Å². The van der Waals surface area contributed by atoms with Gasteiger partial charge < -0.3 is 14.5 Å². The van der Waals surface area contributed by atoms with E-state index in [1.807, 2.05) is 11.3 Å². The fourth-order valence-corrected chi connectivity index (χ4v) is 5.32. The lowest BCUT2D eigenvalue weighted by Crippen LogP contribution is -2.52. The smallest absolute Gasteiger partial charge is 0.225 e. The molecule has 0 radical (unpaired) electrons. The van der Waals surface area contributed by atoms with Gasteiger partial charge in [0.2, 0.25) is 5.91 Å². The molecular weight excluding hydrogens is 346 g/mol. The van der Waals surface area contributed by atoms with Crippen LogP contribution in [0.25, 0.3) is 0 Å². The van der Waals surface area contributed by atoms with E-state index < -0.39 is 0 Å². The highest BCUT2D eigenvalue weighted by Gasteiger charge is 2.32. The second kappa shape index (κ2) is 8.83. The molecule has 0 aromatic carbocycles. The van der Waals surface area contributed by atoms with Gasteiger partial charge in [0.05, 0.1) is 0 Å². The molecule has 3 fully saturated rings. The Kier molecular flexibility index (Phi) is 6.25. The van der Waals surface area contributed by atoms with E-state index in [-0.39, 0.29) is 5.92 Å². The van der Waals surface area contributed by atoms with Gasteiger partial charge in [0.25, 0.3) is 0 Å². The minimum atomic E-state index is 0.245. The van der Waals surface area contributed by atoms with Gasteiger partial charge in [-0.05, 0) is 50.2 Å². The lowest BCUT2D eigenvalue weighted by molar-refractivity contribution is -0.139. The Balaban J connectivity index is 1.20. The van der Waals surface area contributed by atoms with Gasteiger partial charge in [0, 0.05) is 62.8 Å². The van der Waals surface area contributed by atoms with Crippen LogP contribution in [0.5, 0.6) is 0 Å². The van der Waals surface area contributed by atoms with Crippen molar-refractivity contribution in [2.45, 2.75) is 38.3 Å². The number of thiophene rings is 1. The Morgan fingerprint density at radius 2 is 1.77 bits per heavy atom. The standard InChI is InChI=1S/C20H31N3O2S/c24-20(17-3-7-22(8-4-17)18-5-13-25-14-6-18)23-11-9-21(10-12-23)16-19-2-1-15-26-19/h1-2,15,17-18H,3-14,16H2. The lowest BCUT2D eigenvalue weighted by atomic mass is 9.93. The Hall–Kier alpha value is -0.950. The summed E-state index contributed by atoms with van der Waals surface area (Å²) < 4.78 is 5.48. The summed E-state index contributed by atoms with van der Waals surface area (Å²) in [5, 5.41) is 2.14. The Bertz CT molecular complexity index is 558. The molecule has 3 saturated heterocycles. The number of piperidine rings is 1. The zero-order valence-corrected chi connectivity index (χ0v) is 16.5. The first-order valence-corrected chi connectivity index (χ1v) is 11.0. The van der Waals surface area contributed by atoms with Gasteiger partial charge in [0.1, 0.15) is 0 Å². The number of nitrogens with zero attached hydrogens (tertiary/aromatic N) is 3. The Morgan fingerprint density at radius 1 is 1.04 bits per heavy atom. The van der Waals surface area contributed by atoms with Crippen LogP contribution >= 0.6 is 11.3 Å². The van der Waals surface area contributed by atoms with E-state index in [1.54, 1.807) is 0 Å². The van der Waals surface area contributed by atoms with Crippen LogP contribution < -0.4 is 0 Å². The molecule has 3 aliphatic heterocycles.